The molecule has 0 bridgehead atoms. The summed E-state index contributed by atoms with van der Waals surface area (Å²) in [7, 11) is 0. The number of amides is 1. The van der Waals surface area contributed by atoms with E-state index in [1.807, 2.05) is 10.7 Å². The lowest BCUT2D eigenvalue weighted by Crippen LogP contribution is -2.26. The van der Waals surface area contributed by atoms with Crippen molar-refractivity contribution in [3.63, 3.8) is 0 Å². The van der Waals surface area contributed by atoms with Crippen LogP contribution in [0.3, 0.4) is 0 Å². The molecule has 3 rings (SSSR count). The van der Waals surface area contributed by atoms with Gasteiger partial charge in [0.2, 0.25) is 0 Å². The number of carboxylic acid groups (broad SMARTS) is 1. The van der Waals surface area contributed by atoms with Crippen LogP contribution in [0.25, 0.3) is 0 Å². The van der Waals surface area contributed by atoms with Crippen molar-refractivity contribution in [1.29, 1.82) is 0 Å². The van der Waals surface area contributed by atoms with Crippen molar-refractivity contribution in [1.82, 2.24) is 15.1 Å². The van der Waals surface area contributed by atoms with Crippen molar-refractivity contribution in [3.05, 3.63) is 39.3 Å². The van der Waals surface area contributed by atoms with E-state index in [2.05, 4.69) is 10.4 Å². The molecule has 0 spiro atoms. The molecule has 128 valence electrons. The van der Waals surface area contributed by atoms with E-state index >= 15 is 0 Å². The van der Waals surface area contributed by atoms with Gasteiger partial charge in [-0.05, 0) is 31.9 Å². The molecular weight excluding hydrogens is 326 g/mol. The Morgan fingerprint density at radius 1 is 1.38 bits per heavy atom. The van der Waals surface area contributed by atoms with Gasteiger partial charge in [0.15, 0.2) is 0 Å². The number of carboxylic acids is 1. The molecule has 0 radical (unpaired) electrons. The average Bonchev–Trinajstić information content (AvgIpc) is 3.20. The number of aromatic nitrogens is 2. The highest BCUT2D eigenvalue weighted by atomic mass is 32.1. The summed E-state index contributed by atoms with van der Waals surface area (Å²) in [5.74, 6) is -1.25. The van der Waals surface area contributed by atoms with Crippen LogP contribution in [0.1, 0.15) is 68.7 Å². The molecule has 24 heavy (non-hydrogen) atoms. The topological polar surface area (TPSA) is 84.2 Å². The maximum Gasteiger partial charge on any atom is 0.345 e. The number of rotatable bonds is 5. The minimum absolute atomic E-state index is 0.185. The summed E-state index contributed by atoms with van der Waals surface area (Å²) in [6.45, 7) is 2.16. The Morgan fingerprint density at radius 2 is 2.12 bits per heavy atom. The lowest BCUT2D eigenvalue weighted by molar-refractivity contribution is 0.0702. The standard InChI is InChI=1S/C17H21N3O3S/c1-11-14(9-15(24-11)17(22)23)16(21)18-10-13-7-8-19-20(13)12-5-3-2-4-6-12/h7-9,12H,2-6,10H2,1H3,(H,18,21)(H,22,23). The predicted molar refractivity (Wildman–Crippen MR) is 91.5 cm³/mol. The summed E-state index contributed by atoms with van der Waals surface area (Å²) in [6.07, 6.45) is 7.77. The molecule has 2 aromatic heterocycles. The number of hydrogen-bond donors (Lipinski definition) is 2. The minimum Gasteiger partial charge on any atom is -0.477 e. The number of nitrogens with one attached hydrogen (secondary N) is 1. The third-order valence-corrected chi connectivity index (χ3v) is 5.51. The summed E-state index contributed by atoms with van der Waals surface area (Å²) < 4.78 is 2.03. The first kappa shape index (κ1) is 16.7. The summed E-state index contributed by atoms with van der Waals surface area (Å²) in [5, 5.41) is 16.3. The minimum atomic E-state index is -1.00. The monoisotopic (exact) mass is 347 g/mol. The molecule has 2 N–H and O–H groups in total. The first-order valence-electron chi connectivity index (χ1n) is 8.20. The van der Waals surface area contributed by atoms with E-state index in [1.54, 1.807) is 13.1 Å². The fraction of sp³-hybridized carbons (Fsp3) is 0.471. The SMILES string of the molecule is Cc1sc(C(=O)O)cc1C(=O)NCc1ccnn1C1CCCCC1. The van der Waals surface area contributed by atoms with Gasteiger partial charge in [-0.3, -0.25) is 9.48 Å². The molecule has 0 aliphatic heterocycles. The van der Waals surface area contributed by atoms with Crippen LogP contribution in [0.5, 0.6) is 0 Å². The van der Waals surface area contributed by atoms with E-state index in [4.69, 9.17) is 5.11 Å². The summed E-state index contributed by atoms with van der Waals surface area (Å²) in [5.41, 5.74) is 1.42. The van der Waals surface area contributed by atoms with Crippen LogP contribution in [-0.4, -0.2) is 26.8 Å². The zero-order valence-corrected chi connectivity index (χ0v) is 14.4. The quantitative estimate of drug-likeness (QED) is 0.868. The van der Waals surface area contributed by atoms with Crippen LogP contribution in [0.15, 0.2) is 18.3 Å². The lowest BCUT2D eigenvalue weighted by atomic mass is 9.95. The van der Waals surface area contributed by atoms with E-state index in [0.29, 0.717) is 23.0 Å². The largest absolute Gasteiger partial charge is 0.477 e. The number of thiophene rings is 1. The summed E-state index contributed by atoms with van der Waals surface area (Å²) in [4.78, 5) is 24.3. The average molecular weight is 347 g/mol. The van der Waals surface area contributed by atoms with Gasteiger partial charge in [0.1, 0.15) is 4.88 Å². The maximum absolute atomic E-state index is 12.4. The Kier molecular flexibility index (Phi) is 4.99. The zero-order chi connectivity index (χ0) is 17.1. The van der Waals surface area contributed by atoms with E-state index < -0.39 is 5.97 Å². The van der Waals surface area contributed by atoms with Gasteiger partial charge >= 0.3 is 5.97 Å². The van der Waals surface area contributed by atoms with Crippen molar-refractivity contribution < 1.29 is 14.7 Å². The Hall–Kier alpha value is -2.15. The number of carbonyl (C=O) groups is 2. The van der Waals surface area contributed by atoms with Crippen LogP contribution in [-0.2, 0) is 6.54 Å². The van der Waals surface area contributed by atoms with Crippen molar-refractivity contribution >= 4 is 23.2 Å². The van der Waals surface area contributed by atoms with Crippen LogP contribution < -0.4 is 5.32 Å². The number of carbonyl (C=O) groups excluding carboxylic acids is 1. The van der Waals surface area contributed by atoms with Crippen molar-refractivity contribution in [2.45, 2.75) is 51.6 Å². The number of aromatic carboxylic acids is 1. The van der Waals surface area contributed by atoms with Gasteiger partial charge in [0.25, 0.3) is 5.91 Å². The van der Waals surface area contributed by atoms with Gasteiger partial charge in [-0.25, -0.2) is 4.79 Å². The van der Waals surface area contributed by atoms with Gasteiger partial charge in [-0.2, -0.15) is 5.10 Å². The highest BCUT2D eigenvalue weighted by molar-refractivity contribution is 7.14. The summed E-state index contributed by atoms with van der Waals surface area (Å²) >= 11 is 1.12. The molecule has 2 aromatic rings. The van der Waals surface area contributed by atoms with Crippen LogP contribution in [0, 0.1) is 6.92 Å². The first-order chi connectivity index (χ1) is 11.6. The van der Waals surface area contributed by atoms with Crippen molar-refractivity contribution in [2.75, 3.05) is 0 Å². The molecule has 6 nitrogen and oxygen atoms in total. The van der Waals surface area contributed by atoms with Gasteiger partial charge in [-0.1, -0.05) is 19.3 Å². The van der Waals surface area contributed by atoms with Crippen LogP contribution >= 0.6 is 11.3 Å². The van der Waals surface area contributed by atoms with E-state index in [9.17, 15) is 9.59 Å². The Balaban J connectivity index is 1.67. The predicted octanol–water partition coefficient (Wildman–Crippen LogP) is 3.39. The molecule has 1 saturated carbocycles. The second-order valence-electron chi connectivity index (χ2n) is 6.13. The van der Waals surface area contributed by atoms with Gasteiger partial charge in [0, 0.05) is 11.1 Å². The van der Waals surface area contributed by atoms with Gasteiger partial charge < -0.3 is 10.4 Å². The highest BCUT2D eigenvalue weighted by Gasteiger charge is 2.20. The van der Waals surface area contributed by atoms with Crippen LogP contribution in [0.4, 0.5) is 0 Å². The molecule has 0 atom stereocenters. The molecule has 1 aliphatic carbocycles. The zero-order valence-electron chi connectivity index (χ0n) is 13.6. The number of hydrogen-bond acceptors (Lipinski definition) is 4. The molecule has 7 heteroatoms. The van der Waals surface area contributed by atoms with E-state index in [1.165, 1.54) is 25.3 Å². The molecule has 1 fully saturated rings. The van der Waals surface area contributed by atoms with E-state index in [0.717, 1.165) is 29.9 Å². The molecule has 2 heterocycles. The molecule has 1 aliphatic rings. The number of aryl methyl sites for hydroxylation is 1. The maximum atomic E-state index is 12.4. The Labute approximate surface area is 144 Å². The second kappa shape index (κ2) is 7.17. The van der Waals surface area contributed by atoms with Gasteiger partial charge in [0.05, 0.1) is 23.8 Å². The molecule has 0 aromatic carbocycles. The molecular formula is C17H21N3O3S. The first-order valence-corrected chi connectivity index (χ1v) is 9.02. The third kappa shape index (κ3) is 3.51. The lowest BCUT2D eigenvalue weighted by Gasteiger charge is -2.24. The van der Waals surface area contributed by atoms with Crippen LogP contribution in [0.2, 0.25) is 0 Å². The molecule has 0 unspecified atom stereocenters. The number of nitrogens with zero attached hydrogens (tertiary/aromatic N) is 2. The molecule has 0 saturated heterocycles. The molecule has 1 amide bonds. The summed E-state index contributed by atoms with van der Waals surface area (Å²) in [6, 6.07) is 3.79. The highest BCUT2D eigenvalue weighted by Crippen LogP contribution is 2.28. The van der Waals surface area contributed by atoms with Crippen molar-refractivity contribution in [3.8, 4) is 0 Å². The fourth-order valence-corrected chi connectivity index (χ4v) is 4.07. The van der Waals surface area contributed by atoms with Gasteiger partial charge in [-0.15, -0.1) is 11.3 Å². The smallest absolute Gasteiger partial charge is 0.345 e. The fourth-order valence-electron chi connectivity index (χ4n) is 3.22. The van der Waals surface area contributed by atoms with E-state index in [-0.39, 0.29) is 10.8 Å². The van der Waals surface area contributed by atoms with Crippen molar-refractivity contribution in [2.24, 2.45) is 0 Å². The Bertz CT molecular complexity index is 744. The third-order valence-electron chi connectivity index (χ3n) is 4.48. The Morgan fingerprint density at radius 3 is 2.79 bits per heavy atom. The normalized spacial score (nSPS) is 15.4. The second-order valence-corrected chi connectivity index (χ2v) is 7.38.